The van der Waals surface area contributed by atoms with E-state index in [9.17, 15) is 10.1 Å². The van der Waals surface area contributed by atoms with Gasteiger partial charge in [0.2, 0.25) is 0 Å². The minimum absolute atomic E-state index is 0.0685. The van der Waals surface area contributed by atoms with E-state index in [-0.39, 0.29) is 11.4 Å². The van der Waals surface area contributed by atoms with Crippen LogP contribution < -0.4 is 10.1 Å². The van der Waals surface area contributed by atoms with E-state index < -0.39 is 4.92 Å². The molecule has 0 bridgehead atoms. The number of hydrogen-bond donors (Lipinski definition) is 1. The first-order valence-electron chi connectivity index (χ1n) is 6.30. The molecule has 0 unspecified atom stereocenters. The molecule has 0 saturated heterocycles. The summed E-state index contributed by atoms with van der Waals surface area (Å²) < 4.78 is 5.14. The van der Waals surface area contributed by atoms with Gasteiger partial charge in [0.1, 0.15) is 11.6 Å². The maximum Gasteiger partial charge on any atom is 0.295 e. The van der Waals surface area contributed by atoms with Gasteiger partial charge in [0.05, 0.1) is 17.1 Å². The summed E-state index contributed by atoms with van der Waals surface area (Å²) in [4.78, 5) is 15.0. The van der Waals surface area contributed by atoms with Crippen LogP contribution in [-0.4, -0.2) is 23.6 Å². The summed E-state index contributed by atoms with van der Waals surface area (Å²) in [6, 6.07) is 7.95. The third-order valence-electron chi connectivity index (χ3n) is 2.85. The number of anilines is 1. The molecule has 2 rings (SSSR count). The average Bonchev–Trinajstić information content (AvgIpc) is 2.48. The first kappa shape index (κ1) is 15.1. The molecule has 0 aliphatic carbocycles. The molecule has 0 amide bonds. The predicted octanol–water partition coefficient (Wildman–Crippen LogP) is 3.75. The molecule has 21 heavy (non-hydrogen) atoms. The van der Waals surface area contributed by atoms with Gasteiger partial charge in [-0.1, -0.05) is 17.7 Å². The van der Waals surface area contributed by atoms with Crippen molar-refractivity contribution in [2.24, 2.45) is 0 Å². The molecule has 2 aromatic rings. The van der Waals surface area contributed by atoms with Crippen molar-refractivity contribution in [1.82, 2.24) is 4.98 Å². The molecule has 1 N–H and O–H groups in total. The third kappa shape index (κ3) is 3.22. The van der Waals surface area contributed by atoms with Gasteiger partial charge in [-0.05, 0) is 25.1 Å². The van der Waals surface area contributed by atoms with Gasteiger partial charge >= 0.3 is 0 Å². The van der Waals surface area contributed by atoms with Gasteiger partial charge in [-0.15, -0.1) is 0 Å². The summed E-state index contributed by atoms with van der Waals surface area (Å²) in [5.74, 6) is 1.02. The number of nitro groups is 1. The number of ether oxygens (including phenoxy) is 1. The van der Waals surface area contributed by atoms with Crippen molar-refractivity contribution in [3.05, 3.63) is 45.5 Å². The zero-order valence-electron chi connectivity index (χ0n) is 11.6. The van der Waals surface area contributed by atoms with Crippen molar-refractivity contribution in [1.29, 1.82) is 0 Å². The van der Waals surface area contributed by atoms with Gasteiger partial charge in [-0.2, -0.15) is 0 Å². The second-order valence-electron chi connectivity index (χ2n) is 4.20. The highest BCUT2D eigenvalue weighted by Crippen LogP contribution is 2.34. The lowest BCUT2D eigenvalue weighted by molar-refractivity contribution is -0.384. The second kappa shape index (κ2) is 6.41. The van der Waals surface area contributed by atoms with E-state index in [1.54, 1.807) is 24.3 Å². The number of halogens is 1. The van der Waals surface area contributed by atoms with Crippen LogP contribution in [0.1, 0.15) is 6.92 Å². The highest BCUT2D eigenvalue weighted by atomic mass is 35.5. The number of nitrogens with one attached hydrogen (secondary N) is 1. The number of hydrogen-bond acceptors (Lipinski definition) is 5. The summed E-state index contributed by atoms with van der Waals surface area (Å²) in [6.45, 7) is 2.60. The minimum atomic E-state index is -0.459. The van der Waals surface area contributed by atoms with E-state index in [1.807, 2.05) is 6.92 Å². The van der Waals surface area contributed by atoms with Gasteiger partial charge in [0.25, 0.3) is 5.69 Å². The van der Waals surface area contributed by atoms with Crippen LogP contribution in [0.3, 0.4) is 0 Å². The quantitative estimate of drug-likeness (QED) is 0.672. The Morgan fingerprint density at radius 1 is 1.38 bits per heavy atom. The number of benzene rings is 1. The highest BCUT2D eigenvalue weighted by molar-refractivity contribution is 6.32. The topological polar surface area (TPSA) is 77.3 Å². The van der Waals surface area contributed by atoms with Crippen LogP contribution in [0.4, 0.5) is 11.5 Å². The zero-order chi connectivity index (χ0) is 15.4. The molecule has 0 fully saturated rings. The number of rotatable bonds is 5. The smallest absolute Gasteiger partial charge is 0.295 e. The molecule has 6 nitrogen and oxygen atoms in total. The summed E-state index contributed by atoms with van der Waals surface area (Å²) in [6.07, 6.45) is 0. The fourth-order valence-electron chi connectivity index (χ4n) is 1.90. The molecule has 0 aliphatic heterocycles. The van der Waals surface area contributed by atoms with Gasteiger partial charge in [0.15, 0.2) is 5.69 Å². The lowest BCUT2D eigenvalue weighted by Gasteiger charge is -2.09. The maximum atomic E-state index is 11.2. The molecule has 0 spiro atoms. The van der Waals surface area contributed by atoms with Crippen LogP contribution in [0.25, 0.3) is 11.3 Å². The van der Waals surface area contributed by atoms with E-state index >= 15 is 0 Å². The molecule has 1 heterocycles. The van der Waals surface area contributed by atoms with Crippen LogP contribution in [-0.2, 0) is 0 Å². The molecule has 1 aromatic heterocycles. The van der Waals surface area contributed by atoms with Gasteiger partial charge in [-0.3, -0.25) is 10.1 Å². The third-order valence-corrected chi connectivity index (χ3v) is 3.17. The largest absolute Gasteiger partial charge is 0.495 e. The van der Waals surface area contributed by atoms with E-state index in [4.69, 9.17) is 16.3 Å². The highest BCUT2D eigenvalue weighted by Gasteiger charge is 2.18. The lowest BCUT2D eigenvalue weighted by atomic mass is 10.1. The summed E-state index contributed by atoms with van der Waals surface area (Å²) in [7, 11) is 1.49. The van der Waals surface area contributed by atoms with Crippen LogP contribution in [0.2, 0.25) is 5.02 Å². The zero-order valence-corrected chi connectivity index (χ0v) is 12.3. The maximum absolute atomic E-state index is 11.2. The van der Waals surface area contributed by atoms with Crippen LogP contribution in [0, 0.1) is 10.1 Å². The molecule has 7 heteroatoms. The Balaban J connectivity index is 2.59. The van der Waals surface area contributed by atoms with Crippen LogP contribution in [0.5, 0.6) is 5.75 Å². The fraction of sp³-hybridized carbons (Fsp3) is 0.214. The molecule has 110 valence electrons. The van der Waals surface area contributed by atoms with Crippen molar-refractivity contribution >= 4 is 23.1 Å². The van der Waals surface area contributed by atoms with E-state index in [0.29, 0.717) is 28.7 Å². The van der Waals surface area contributed by atoms with Crippen molar-refractivity contribution < 1.29 is 9.66 Å². The molecular formula is C14H14ClN3O3. The van der Waals surface area contributed by atoms with Gasteiger partial charge in [0, 0.05) is 18.2 Å². The van der Waals surface area contributed by atoms with Gasteiger partial charge in [-0.25, -0.2) is 4.98 Å². The summed E-state index contributed by atoms with van der Waals surface area (Å²) in [5, 5.41) is 14.6. The Kier molecular flexibility index (Phi) is 4.59. The number of methoxy groups -OCH3 is 1. The van der Waals surface area contributed by atoms with Gasteiger partial charge < -0.3 is 10.1 Å². The SMILES string of the molecule is CCNc1ccc([N+](=O)[O-])c(-c2ccc(Cl)c(OC)c2)n1. The normalized spacial score (nSPS) is 10.2. The summed E-state index contributed by atoms with van der Waals surface area (Å²) >= 11 is 5.98. The van der Waals surface area contributed by atoms with E-state index in [2.05, 4.69) is 10.3 Å². The molecule has 0 atom stereocenters. The Labute approximate surface area is 126 Å². The Bertz CT molecular complexity index is 677. The number of nitrogens with zero attached hydrogens (tertiary/aromatic N) is 2. The van der Waals surface area contributed by atoms with E-state index in [0.717, 1.165) is 0 Å². The first-order valence-corrected chi connectivity index (χ1v) is 6.67. The average molecular weight is 308 g/mol. The molecule has 0 saturated carbocycles. The Morgan fingerprint density at radius 2 is 2.14 bits per heavy atom. The second-order valence-corrected chi connectivity index (χ2v) is 4.61. The van der Waals surface area contributed by atoms with Crippen molar-refractivity contribution in [3.8, 4) is 17.0 Å². The predicted molar refractivity (Wildman–Crippen MR) is 82.1 cm³/mol. The molecule has 1 aromatic carbocycles. The lowest BCUT2D eigenvalue weighted by Crippen LogP contribution is -2.02. The molecule has 0 radical (unpaired) electrons. The first-order chi connectivity index (χ1) is 10.1. The number of pyridine rings is 1. The van der Waals surface area contributed by atoms with Crippen molar-refractivity contribution in [3.63, 3.8) is 0 Å². The molecular weight excluding hydrogens is 294 g/mol. The van der Waals surface area contributed by atoms with E-state index in [1.165, 1.54) is 13.2 Å². The summed E-state index contributed by atoms with van der Waals surface area (Å²) in [5.41, 5.74) is 0.775. The number of aromatic nitrogens is 1. The Hall–Kier alpha value is -2.34. The molecule has 0 aliphatic rings. The van der Waals surface area contributed by atoms with Crippen LogP contribution in [0.15, 0.2) is 30.3 Å². The van der Waals surface area contributed by atoms with Crippen molar-refractivity contribution in [2.45, 2.75) is 6.92 Å². The standard InChI is InChI=1S/C14H14ClN3O3/c1-3-16-13-7-6-11(18(19)20)14(17-13)9-4-5-10(15)12(8-9)21-2/h4-8H,3H2,1-2H3,(H,16,17). The Morgan fingerprint density at radius 3 is 2.76 bits per heavy atom. The van der Waals surface area contributed by atoms with Crippen LogP contribution >= 0.6 is 11.6 Å². The monoisotopic (exact) mass is 307 g/mol. The fourth-order valence-corrected chi connectivity index (χ4v) is 2.09. The van der Waals surface area contributed by atoms with Crippen molar-refractivity contribution in [2.75, 3.05) is 19.0 Å². The minimum Gasteiger partial charge on any atom is -0.495 e.